The SMILES string of the molecule is CCCCCCCCCCCCCCCCCCCCCCCCCC(=O)OC[C@H](COP(=O)(O)OC1C(O)C(O)C(O)[C@@H](O)C1O)OC(C)=O. The van der Waals surface area contributed by atoms with Crippen LogP contribution in [0.15, 0.2) is 0 Å². The van der Waals surface area contributed by atoms with E-state index in [4.69, 9.17) is 18.5 Å². The van der Waals surface area contributed by atoms with Crippen LogP contribution in [0.2, 0.25) is 0 Å². The third-order valence-electron chi connectivity index (χ3n) is 9.50. The van der Waals surface area contributed by atoms with Crippen molar-refractivity contribution in [2.45, 2.75) is 211 Å². The molecule has 1 saturated carbocycles. The summed E-state index contributed by atoms with van der Waals surface area (Å²) >= 11 is 0. The maximum Gasteiger partial charge on any atom is 0.472 e. The fourth-order valence-electron chi connectivity index (χ4n) is 6.35. The highest BCUT2D eigenvalue weighted by atomic mass is 31.2. The van der Waals surface area contributed by atoms with Crippen LogP contribution in [-0.2, 0) is 32.7 Å². The lowest BCUT2D eigenvalue weighted by Gasteiger charge is -2.41. The largest absolute Gasteiger partial charge is 0.472 e. The van der Waals surface area contributed by atoms with E-state index in [2.05, 4.69) is 6.92 Å². The van der Waals surface area contributed by atoms with Crippen molar-refractivity contribution >= 4 is 19.8 Å². The summed E-state index contributed by atoms with van der Waals surface area (Å²) < 4.78 is 32.1. The maximum atomic E-state index is 12.4. The van der Waals surface area contributed by atoms with Gasteiger partial charge in [0.05, 0.1) is 6.61 Å². The maximum absolute atomic E-state index is 12.4. The first-order chi connectivity index (χ1) is 24.4. The summed E-state index contributed by atoms with van der Waals surface area (Å²) in [5.74, 6) is -1.28. The van der Waals surface area contributed by atoms with Crippen molar-refractivity contribution in [2.24, 2.45) is 0 Å². The first kappa shape index (κ1) is 47.9. The Balaban J connectivity index is 2.05. The van der Waals surface area contributed by atoms with E-state index in [1.165, 1.54) is 122 Å². The lowest BCUT2D eigenvalue weighted by Crippen LogP contribution is -2.64. The van der Waals surface area contributed by atoms with Gasteiger partial charge >= 0.3 is 19.8 Å². The van der Waals surface area contributed by atoms with Gasteiger partial charge in [-0.3, -0.25) is 18.6 Å². The highest BCUT2D eigenvalue weighted by Crippen LogP contribution is 2.47. The van der Waals surface area contributed by atoms with Crippen LogP contribution in [0.25, 0.3) is 0 Å². The Morgan fingerprint density at radius 3 is 1.29 bits per heavy atom. The van der Waals surface area contributed by atoms with Gasteiger partial charge in [0.25, 0.3) is 0 Å². The number of aliphatic hydroxyl groups excluding tert-OH is 5. The molecule has 0 aromatic carbocycles. The number of esters is 2. The quantitative estimate of drug-likeness (QED) is 0.0258. The van der Waals surface area contributed by atoms with E-state index in [1.54, 1.807) is 0 Å². The molecule has 0 spiro atoms. The highest BCUT2D eigenvalue weighted by molar-refractivity contribution is 7.47. The number of phosphoric acid groups is 1. The van der Waals surface area contributed by atoms with Crippen molar-refractivity contribution in [1.29, 1.82) is 0 Å². The van der Waals surface area contributed by atoms with Gasteiger partial charge in [0, 0.05) is 13.3 Å². The molecule has 51 heavy (non-hydrogen) atoms. The third-order valence-corrected chi connectivity index (χ3v) is 10.5. The number of rotatable bonds is 32. The summed E-state index contributed by atoms with van der Waals surface area (Å²) in [6.07, 6.45) is 16.5. The number of hydrogen-bond donors (Lipinski definition) is 6. The second-order valence-electron chi connectivity index (χ2n) is 14.2. The zero-order valence-corrected chi connectivity index (χ0v) is 32.3. The summed E-state index contributed by atoms with van der Waals surface area (Å²) in [5, 5.41) is 49.2. The van der Waals surface area contributed by atoms with Gasteiger partial charge in [-0.25, -0.2) is 4.57 Å². The van der Waals surface area contributed by atoms with Crippen molar-refractivity contribution in [2.75, 3.05) is 13.2 Å². The van der Waals surface area contributed by atoms with Crippen molar-refractivity contribution in [3.8, 4) is 0 Å². The molecule has 0 amide bonds. The molecule has 0 aromatic rings. The van der Waals surface area contributed by atoms with Gasteiger partial charge in [-0.05, 0) is 6.42 Å². The predicted molar refractivity (Wildman–Crippen MR) is 194 cm³/mol. The minimum Gasteiger partial charge on any atom is -0.462 e. The standard InChI is InChI=1S/C37H71O13P/c1-3-4-5-6-7-8-9-10-11-12-13-14-15-16-17-18-19-20-21-22-23-24-25-26-31(39)47-27-30(49-29(2)38)28-48-51(45,46)50-37-35(43)33(41)32(40)34(42)36(37)44/h30,32-37,40-44H,3-28H2,1-2H3,(H,45,46)/t30-,32?,33-,34?,35?,36?,37?/m1/s1. The van der Waals surface area contributed by atoms with Crippen LogP contribution in [0.5, 0.6) is 0 Å². The Morgan fingerprint density at radius 1 is 0.569 bits per heavy atom. The Morgan fingerprint density at radius 2 is 0.922 bits per heavy atom. The monoisotopic (exact) mass is 754 g/mol. The van der Waals surface area contributed by atoms with Gasteiger partial charge in [0.2, 0.25) is 0 Å². The number of phosphoric ester groups is 1. The Hall–Kier alpha value is -1.15. The average Bonchev–Trinajstić information content (AvgIpc) is 3.09. The molecule has 6 unspecified atom stereocenters. The van der Waals surface area contributed by atoms with Gasteiger partial charge in [0.1, 0.15) is 43.2 Å². The van der Waals surface area contributed by atoms with E-state index >= 15 is 0 Å². The van der Waals surface area contributed by atoms with E-state index in [-0.39, 0.29) is 6.42 Å². The van der Waals surface area contributed by atoms with Gasteiger partial charge in [-0.2, -0.15) is 0 Å². The van der Waals surface area contributed by atoms with Gasteiger partial charge in [-0.15, -0.1) is 0 Å². The minimum atomic E-state index is -5.06. The molecule has 0 radical (unpaired) electrons. The van der Waals surface area contributed by atoms with Crippen LogP contribution < -0.4 is 0 Å². The van der Waals surface area contributed by atoms with Gasteiger partial charge in [-0.1, -0.05) is 148 Å². The van der Waals surface area contributed by atoms with Crippen molar-refractivity contribution in [3.63, 3.8) is 0 Å². The van der Waals surface area contributed by atoms with Crippen molar-refractivity contribution < 1.29 is 63.1 Å². The highest BCUT2D eigenvalue weighted by Gasteiger charge is 2.51. The first-order valence-corrected chi connectivity index (χ1v) is 21.3. The molecule has 1 fully saturated rings. The molecular weight excluding hydrogens is 683 g/mol. The molecule has 1 rings (SSSR count). The fourth-order valence-corrected chi connectivity index (χ4v) is 7.32. The van der Waals surface area contributed by atoms with Crippen molar-refractivity contribution in [1.82, 2.24) is 0 Å². The normalized spacial score (nSPS) is 23.8. The number of hydrogen-bond acceptors (Lipinski definition) is 12. The molecule has 8 atom stereocenters. The summed E-state index contributed by atoms with van der Waals surface area (Å²) in [6.45, 7) is 2.17. The summed E-state index contributed by atoms with van der Waals surface area (Å²) in [6, 6.07) is 0. The first-order valence-electron chi connectivity index (χ1n) is 19.8. The topological polar surface area (TPSA) is 210 Å². The van der Waals surface area contributed by atoms with Crippen molar-refractivity contribution in [3.05, 3.63) is 0 Å². The average molecular weight is 755 g/mol. The van der Waals surface area contributed by atoms with Crippen LogP contribution in [0.4, 0.5) is 0 Å². The molecule has 302 valence electrons. The zero-order valence-electron chi connectivity index (χ0n) is 31.4. The van der Waals surface area contributed by atoms with E-state index in [0.717, 1.165) is 26.2 Å². The predicted octanol–water partition coefficient (Wildman–Crippen LogP) is 6.16. The zero-order chi connectivity index (χ0) is 37.9. The minimum absolute atomic E-state index is 0.169. The van der Waals surface area contributed by atoms with E-state index < -0.39 is 75.7 Å². The van der Waals surface area contributed by atoms with Crippen LogP contribution in [0.3, 0.4) is 0 Å². The van der Waals surface area contributed by atoms with E-state index in [1.807, 2.05) is 0 Å². The number of unbranched alkanes of at least 4 members (excludes halogenated alkanes) is 22. The van der Waals surface area contributed by atoms with Crippen LogP contribution >= 0.6 is 7.82 Å². The summed E-state index contributed by atoms with van der Waals surface area (Å²) in [4.78, 5) is 33.8. The molecule has 0 bridgehead atoms. The smallest absolute Gasteiger partial charge is 0.462 e. The lowest BCUT2D eigenvalue weighted by molar-refractivity contribution is -0.220. The third kappa shape index (κ3) is 23.3. The molecule has 0 saturated heterocycles. The second-order valence-corrected chi connectivity index (χ2v) is 15.6. The number of carbonyl (C=O) groups is 2. The second kappa shape index (κ2) is 29.2. The van der Waals surface area contributed by atoms with Crippen LogP contribution in [0, 0.1) is 0 Å². The molecule has 1 aliphatic rings. The Bertz CT molecular complexity index is 922. The van der Waals surface area contributed by atoms with E-state index in [9.17, 15) is 44.6 Å². The molecule has 0 aliphatic heterocycles. The van der Waals surface area contributed by atoms with E-state index in [0.29, 0.717) is 6.42 Å². The molecule has 13 nitrogen and oxygen atoms in total. The van der Waals surface area contributed by atoms with Crippen LogP contribution in [-0.4, -0.2) is 98.3 Å². The summed E-state index contributed by atoms with van der Waals surface area (Å²) in [7, 11) is -5.06. The van der Waals surface area contributed by atoms with Gasteiger partial charge < -0.3 is 39.9 Å². The molecular formula is C37H71O13P. The number of ether oxygens (including phenoxy) is 2. The van der Waals surface area contributed by atoms with Gasteiger partial charge in [0.15, 0.2) is 6.10 Å². The number of aliphatic hydroxyl groups is 5. The lowest BCUT2D eigenvalue weighted by atomic mass is 9.85. The molecule has 0 aromatic heterocycles. The molecule has 14 heteroatoms. The number of carbonyl (C=O) groups excluding carboxylic acids is 2. The Kier molecular flexibility index (Phi) is 27.4. The molecule has 0 heterocycles. The molecule has 1 aliphatic carbocycles. The summed E-state index contributed by atoms with van der Waals surface area (Å²) in [5.41, 5.74) is 0. The Labute approximate surface area is 306 Å². The molecule has 6 N–H and O–H groups in total. The fraction of sp³-hybridized carbons (Fsp3) is 0.946. The van der Waals surface area contributed by atoms with Crippen LogP contribution in [0.1, 0.15) is 168 Å².